The summed E-state index contributed by atoms with van der Waals surface area (Å²) in [5.41, 5.74) is 0. The summed E-state index contributed by atoms with van der Waals surface area (Å²) in [5, 5.41) is 0. The lowest BCUT2D eigenvalue weighted by molar-refractivity contribution is -0.179. The van der Waals surface area contributed by atoms with Crippen molar-refractivity contribution in [2.45, 2.75) is 122 Å². The molecule has 0 amide bonds. The van der Waals surface area contributed by atoms with E-state index in [1.54, 1.807) is 0 Å². The molecule has 1 unspecified atom stereocenters. The van der Waals surface area contributed by atoms with Crippen molar-refractivity contribution < 1.29 is 19.0 Å². The van der Waals surface area contributed by atoms with Gasteiger partial charge in [-0.25, -0.2) is 0 Å². The molecule has 1 heterocycles. The molecule has 0 spiro atoms. The summed E-state index contributed by atoms with van der Waals surface area (Å²) in [4.78, 5) is 11.0. The molecule has 1 aliphatic rings. The van der Waals surface area contributed by atoms with Gasteiger partial charge in [-0.3, -0.25) is 4.79 Å². The molecule has 0 aliphatic carbocycles. The maximum atomic E-state index is 11.0. The Bertz CT molecular complexity index is 497. The minimum absolute atomic E-state index is 0.00111. The predicted octanol–water partition coefficient (Wildman–Crippen LogP) is 6.72. The third-order valence-electron chi connectivity index (χ3n) is 5.37. The van der Waals surface area contributed by atoms with Crippen molar-refractivity contribution in [1.82, 2.24) is 0 Å². The van der Waals surface area contributed by atoms with Crippen LogP contribution < -0.4 is 0 Å². The van der Waals surface area contributed by atoms with Gasteiger partial charge in [0, 0.05) is 25.9 Å². The number of carbonyl (C=O) groups is 1. The number of rotatable bonds is 16. The molecule has 2 atom stereocenters. The van der Waals surface area contributed by atoms with E-state index in [2.05, 4.69) is 35.7 Å². The predicted molar refractivity (Wildman–Crippen MR) is 123 cm³/mol. The zero-order chi connectivity index (χ0) is 21.7. The molecular formula is C26H44O4. The Morgan fingerprint density at radius 2 is 1.83 bits per heavy atom. The summed E-state index contributed by atoms with van der Waals surface area (Å²) < 4.78 is 16.5. The molecule has 0 saturated carbocycles. The van der Waals surface area contributed by atoms with Gasteiger partial charge >= 0.3 is 5.97 Å². The van der Waals surface area contributed by atoms with Gasteiger partial charge in [0.25, 0.3) is 0 Å². The molecule has 4 heteroatoms. The first kappa shape index (κ1) is 26.7. The van der Waals surface area contributed by atoms with Crippen LogP contribution in [-0.4, -0.2) is 32.1 Å². The molecule has 0 N–H and O–H groups in total. The van der Waals surface area contributed by atoms with Gasteiger partial charge in [0.05, 0.1) is 13.2 Å². The normalized spacial score (nSPS) is 17.5. The minimum Gasteiger partial charge on any atom is -0.469 e. The van der Waals surface area contributed by atoms with Crippen LogP contribution >= 0.6 is 0 Å². The fraction of sp³-hybridized carbons (Fsp3) is 0.808. The summed E-state index contributed by atoms with van der Waals surface area (Å²) in [6.45, 7) is 3.07. The second kappa shape index (κ2) is 19.6. The van der Waals surface area contributed by atoms with E-state index in [1.807, 2.05) is 0 Å². The lowest BCUT2D eigenvalue weighted by Gasteiger charge is -2.26. The van der Waals surface area contributed by atoms with Crippen LogP contribution in [0.25, 0.3) is 0 Å². The molecule has 0 aromatic rings. The first-order valence-corrected chi connectivity index (χ1v) is 12.2. The van der Waals surface area contributed by atoms with E-state index in [4.69, 9.17) is 9.47 Å². The third-order valence-corrected chi connectivity index (χ3v) is 5.37. The zero-order valence-electron chi connectivity index (χ0n) is 19.5. The Hall–Kier alpha value is -1.31. The molecule has 30 heavy (non-hydrogen) atoms. The zero-order valence-corrected chi connectivity index (χ0v) is 19.5. The van der Waals surface area contributed by atoms with Crippen molar-refractivity contribution in [2.24, 2.45) is 0 Å². The van der Waals surface area contributed by atoms with Crippen molar-refractivity contribution in [3.05, 3.63) is 12.2 Å². The molecule has 172 valence electrons. The van der Waals surface area contributed by atoms with Crippen molar-refractivity contribution in [3.8, 4) is 11.8 Å². The number of methoxy groups -OCH3 is 1. The van der Waals surface area contributed by atoms with E-state index in [9.17, 15) is 4.79 Å². The molecule has 0 aromatic carbocycles. The highest BCUT2D eigenvalue weighted by molar-refractivity contribution is 5.69. The van der Waals surface area contributed by atoms with E-state index < -0.39 is 0 Å². The monoisotopic (exact) mass is 420 g/mol. The summed E-state index contributed by atoms with van der Waals surface area (Å²) >= 11 is 0. The van der Waals surface area contributed by atoms with Gasteiger partial charge in [-0.1, -0.05) is 51.2 Å². The maximum absolute atomic E-state index is 11.0. The Kier molecular flexibility index (Phi) is 17.5. The van der Waals surface area contributed by atoms with Crippen molar-refractivity contribution in [1.29, 1.82) is 0 Å². The first-order chi connectivity index (χ1) is 14.8. The third kappa shape index (κ3) is 15.5. The number of hydrogen-bond acceptors (Lipinski definition) is 4. The topological polar surface area (TPSA) is 44.8 Å². The molecule has 1 rings (SSSR count). The van der Waals surface area contributed by atoms with Gasteiger partial charge in [0.2, 0.25) is 0 Å². The summed E-state index contributed by atoms with van der Waals surface area (Å²) in [6, 6.07) is 0. The Balaban J connectivity index is 2.01. The number of carbonyl (C=O) groups excluding carboxylic acids is 1. The lowest BCUT2D eigenvalue weighted by atomic mass is 10.1. The van der Waals surface area contributed by atoms with Gasteiger partial charge in [0.1, 0.15) is 0 Å². The van der Waals surface area contributed by atoms with Crippen LogP contribution in [0.4, 0.5) is 0 Å². The van der Waals surface area contributed by atoms with Gasteiger partial charge in [-0.2, -0.15) is 0 Å². The summed E-state index contributed by atoms with van der Waals surface area (Å²) in [7, 11) is 1.43. The Morgan fingerprint density at radius 1 is 1.07 bits per heavy atom. The Labute approximate surface area is 185 Å². The average molecular weight is 421 g/mol. The summed E-state index contributed by atoms with van der Waals surface area (Å²) in [5.74, 6) is 6.22. The van der Waals surface area contributed by atoms with Gasteiger partial charge < -0.3 is 14.2 Å². The van der Waals surface area contributed by atoms with E-state index >= 15 is 0 Å². The quantitative estimate of drug-likeness (QED) is 0.120. The average Bonchev–Trinajstić information content (AvgIpc) is 2.77. The van der Waals surface area contributed by atoms with Crippen LogP contribution in [0, 0.1) is 11.8 Å². The summed E-state index contributed by atoms with van der Waals surface area (Å²) in [6.07, 6.45) is 22.1. The van der Waals surface area contributed by atoms with Crippen LogP contribution in [0.1, 0.15) is 110 Å². The molecular weight excluding hydrogens is 376 g/mol. The molecule has 0 aromatic heterocycles. The van der Waals surface area contributed by atoms with Gasteiger partial charge in [0.15, 0.2) is 6.29 Å². The SMILES string of the molecule is CCCC[C@H](C=CCCCCCCCC#CCCCC(=O)OC)OC1CCCCO1. The fourth-order valence-corrected chi connectivity index (χ4v) is 3.48. The van der Waals surface area contributed by atoms with Crippen molar-refractivity contribution in [3.63, 3.8) is 0 Å². The number of hydrogen-bond donors (Lipinski definition) is 0. The van der Waals surface area contributed by atoms with Crippen molar-refractivity contribution >= 4 is 5.97 Å². The number of ether oxygens (including phenoxy) is 3. The van der Waals surface area contributed by atoms with E-state index in [0.29, 0.717) is 6.42 Å². The Morgan fingerprint density at radius 3 is 2.57 bits per heavy atom. The second-order valence-corrected chi connectivity index (χ2v) is 8.13. The van der Waals surface area contributed by atoms with Crippen LogP contribution in [-0.2, 0) is 19.0 Å². The van der Waals surface area contributed by atoms with Crippen LogP contribution in [0.3, 0.4) is 0 Å². The fourth-order valence-electron chi connectivity index (χ4n) is 3.48. The molecule has 0 radical (unpaired) electrons. The van der Waals surface area contributed by atoms with Crippen LogP contribution in [0.5, 0.6) is 0 Å². The highest BCUT2D eigenvalue weighted by Crippen LogP contribution is 2.18. The molecule has 0 bridgehead atoms. The second-order valence-electron chi connectivity index (χ2n) is 8.13. The van der Waals surface area contributed by atoms with Crippen LogP contribution in [0.15, 0.2) is 12.2 Å². The number of allylic oxidation sites excluding steroid dienone is 1. The molecule has 4 nitrogen and oxygen atoms in total. The molecule has 1 aliphatic heterocycles. The molecule has 1 saturated heterocycles. The van der Waals surface area contributed by atoms with Crippen molar-refractivity contribution in [2.75, 3.05) is 13.7 Å². The lowest BCUT2D eigenvalue weighted by Crippen LogP contribution is -2.27. The van der Waals surface area contributed by atoms with Gasteiger partial charge in [-0.15, -0.1) is 11.8 Å². The maximum Gasteiger partial charge on any atom is 0.305 e. The highest BCUT2D eigenvalue weighted by atomic mass is 16.7. The smallest absolute Gasteiger partial charge is 0.305 e. The van der Waals surface area contributed by atoms with Crippen LogP contribution in [0.2, 0.25) is 0 Å². The first-order valence-electron chi connectivity index (χ1n) is 12.2. The van der Waals surface area contributed by atoms with E-state index in [0.717, 1.165) is 45.1 Å². The molecule has 1 fully saturated rings. The standard InChI is InChI=1S/C26H44O4/c1-3-4-19-24(30-26-22-17-18-23-29-26)20-15-13-11-9-7-5-6-8-10-12-14-16-21-25(27)28-2/h15,20,24,26H,3-9,11,13-14,16-19,21-23H2,1-2H3/t24-,26?/m1/s1. The van der Waals surface area contributed by atoms with Gasteiger partial charge in [-0.05, 0) is 51.4 Å². The largest absolute Gasteiger partial charge is 0.469 e. The minimum atomic E-state index is -0.145. The highest BCUT2D eigenvalue weighted by Gasteiger charge is 2.17. The number of unbranched alkanes of at least 4 members (excludes halogenated alkanes) is 8. The van der Waals surface area contributed by atoms with E-state index in [1.165, 1.54) is 64.9 Å². The van der Waals surface area contributed by atoms with E-state index in [-0.39, 0.29) is 18.4 Å². The number of esters is 1.